The van der Waals surface area contributed by atoms with Crippen LogP contribution in [0, 0.1) is 5.82 Å². The van der Waals surface area contributed by atoms with Crippen LogP contribution in [0.3, 0.4) is 0 Å². The molecule has 1 aromatic carbocycles. The summed E-state index contributed by atoms with van der Waals surface area (Å²) in [5.74, 6) is -0.534. The molecule has 0 aliphatic rings. The number of ketones is 1. The first-order valence-electron chi connectivity index (χ1n) is 4.54. The number of hydrogen-bond acceptors (Lipinski definition) is 2. The van der Waals surface area contributed by atoms with Crippen LogP contribution >= 0.6 is 11.6 Å². The van der Waals surface area contributed by atoms with Gasteiger partial charge in [0.2, 0.25) is 0 Å². The first-order chi connectivity index (χ1) is 7.04. The summed E-state index contributed by atoms with van der Waals surface area (Å²) in [5.41, 5.74) is 0.690. The SMILES string of the molecule is COC(C)C(=O)Cc1ccc(F)c(Cl)c1. The largest absolute Gasteiger partial charge is 0.374 e. The van der Waals surface area contributed by atoms with Crippen molar-refractivity contribution in [3.63, 3.8) is 0 Å². The molecule has 0 spiro atoms. The van der Waals surface area contributed by atoms with E-state index in [4.69, 9.17) is 16.3 Å². The Balaban J connectivity index is 2.73. The molecule has 0 radical (unpaired) electrons. The maximum absolute atomic E-state index is 12.8. The highest BCUT2D eigenvalue weighted by Crippen LogP contribution is 2.16. The lowest BCUT2D eigenvalue weighted by atomic mass is 10.1. The molecule has 0 bridgehead atoms. The second-order valence-corrected chi connectivity index (χ2v) is 3.68. The molecule has 0 fully saturated rings. The van der Waals surface area contributed by atoms with Crippen LogP contribution in [0.5, 0.6) is 0 Å². The number of halogens is 2. The summed E-state index contributed by atoms with van der Waals surface area (Å²) in [4.78, 5) is 11.5. The molecule has 1 rings (SSSR count). The fourth-order valence-electron chi connectivity index (χ4n) is 1.13. The molecule has 2 nitrogen and oxygen atoms in total. The molecule has 15 heavy (non-hydrogen) atoms. The average molecular weight is 231 g/mol. The van der Waals surface area contributed by atoms with E-state index in [2.05, 4.69) is 0 Å². The van der Waals surface area contributed by atoms with E-state index in [1.54, 1.807) is 13.0 Å². The zero-order chi connectivity index (χ0) is 11.4. The van der Waals surface area contributed by atoms with Crippen molar-refractivity contribution < 1.29 is 13.9 Å². The smallest absolute Gasteiger partial charge is 0.165 e. The average Bonchev–Trinajstić information content (AvgIpc) is 2.22. The maximum atomic E-state index is 12.8. The fraction of sp³-hybridized carbons (Fsp3) is 0.364. The van der Waals surface area contributed by atoms with Crippen LogP contribution in [-0.2, 0) is 16.0 Å². The van der Waals surface area contributed by atoms with Crippen LogP contribution in [0.4, 0.5) is 4.39 Å². The Hall–Kier alpha value is -0.930. The second-order valence-electron chi connectivity index (χ2n) is 3.27. The second kappa shape index (κ2) is 5.24. The van der Waals surface area contributed by atoms with E-state index in [1.807, 2.05) is 0 Å². The summed E-state index contributed by atoms with van der Waals surface area (Å²) in [5, 5.41) is 0.0327. The first-order valence-corrected chi connectivity index (χ1v) is 4.92. The standard InChI is InChI=1S/C11H12ClFO2/c1-7(15-2)11(14)6-8-3-4-10(13)9(12)5-8/h3-5,7H,6H2,1-2H3. The van der Waals surface area contributed by atoms with Crippen LogP contribution < -0.4 is 0 Å². The van der Waals surface area contributed by atoms with Crippen molar-refractivity contribution in [2.24, 2.45) is 0 Å². The van der Waals surface area contributed by atoms with Gasteiger partial charge in [-0.1, -0.05) is 17.7 Å². The van der Waals surface area contributed by atoms with Crippen molar-refractivity contribution in [2.45, 2.75) is 19.4 Å². The third-order valence-electron chi connectivity index (χ3n) is 2.17. The van der Waals surface area contributed by atoms with Gasteiger partial charge in [-0.15, -0.1) is 0 Å². The quantitative estimate of drug-likeness (QED) is 0.795. The minimum atomic E-state index is -0.479. The van der Waals surface area contributed by atoms with Gasteiger partial charge in [0.1, 0.15) is 11.9 Å². The van der Waals surface area contributed by atoms with Crippen molar-refractivity contribution in [3.8, 4) is 0 Å². The minimum absolute atomic E-state index is 0.0327. The lowest BCUT2D eigenvalue weighted by Gasteiger charge is -2.08. The normalized spacial score (nSPS) is 12.5. The molecule has 0 aliphatic carbocycles. The van der Waals surface area contributed by atoms with Gasteiger partial charge in [0.05, 0.1) is 5.02 Å². The highest BCUT2D eigenvalue weighted by Gasteiger charge is 2.12. The number of Topliss-reactive ketones (excluding diaryl/α,β-unsaturated/α-hetero) is 1. The lowest BCUT2D eigenvalue weighted by Crippen LogP contribution is -2.20. The van der Waals surface area contributed by atoms with E-state index in [0.717, 1.165) is 0 Å². The molecule has 1 aromatic rings. The van der Waals surface area contributed by atoms with Gasteiger partial charge in [0.25, 0.3) is 0 Å². The van der Waals surface area contributed by atoms with E-state index >= 15 is 0 Å². The van der Waals surface area contributed by atoms with Crippen LogP contribution in [0.1, 0.15) is 12.5 Å². The van der Waals surface area contributed by atoms with Crippen LogP contribution in [0.2, 0.25) is 5.02 Å². The molecule has 0 saturated heterocycles. The summed E-state index contributed by atoms with van der Waals surface area (Å²) >= 11 is 5.59. The van der Waals surface area contributed by atoms with E-state index in [-0.39, 0.29) is 17.2 Å². The van der Waals surface area contributed by atoms with Crippen LogP contribution in [0.15, 0.2) is 18.2 Å². The predicted molar refractivity (Wildman–Crippen MR) is 56.6 cm³/mol. The number of methoxy groups -OCH3 is 1. The lowest BCUT2D eigenvalue weighted by molar-refractivity contribution is -0.127. The zero-order valence-electron chi connectivity index (χ0n) is 8.59. The summed E-state index contributed by atoms with van der Waals surface area (Å²) in [7, 11) is 1.47. The van der Waals surface area contributed by atoms with E-state index in [9.17, 15) is 9.18 Å². The van der Waals surface area contributed by atoms with Crippen LogP contribution in [-0.4, -0.2) is 19.0 Å². The molecule has 1 unspecified atom stereocenters. The Morgan fingerprint density at radius 1 is 1.60 bits per heavy atom. The molecule has 0 saturated carbocycles. The Kier molecular flexibility index (Phi) is 4.24. The number of ether oxygens (including phenoxy) is 1. The van der Waals surface area contributed by atoms with Crippen molar-refractivity contribution >= 4 is 17.4 Å². The van der Waals surface area contributed by atoms with Gasteiger partial charge in [-0.3, -0.25) is 4.79 Å². The zero-order valence-corrected chi connectivity index (χ0v) is 9.34. The van der Waals surface area contributed by atoms with E-state index in [1.165, 1.54) is 19.2 Å². The summed E-state index contributed by atoms with van der Waals surface area (Å²) < 4.78 is 17.7. The Morgan fingerprint density at radius 2 is 2.27 bits per heavy atom. The highest BCUT2D eigenvalue weighted by atomic mass is 35.5. The fourth-order valence-corrected chi connectivity index (χ4v) is 1.33. The summed E-state index contributed by atoms with van der Waals surface area (Å²) in [6.07, 6.45) is -0.247. The third-order valence-corrected chi connectivity index (χ3v) is 2.46. The van der Waals surface area contributed by atoms with Gasteiger partial charge < -0.3 is 4.74 Å². The van der Waals surface area contributed by atoms with E-state index in [0.29, 0.717) is 5.56 Å². The van der Waals surface area contributed by atoms with Gasteiger partial charge in [-0.05, 0) is 24.6 Å². The van der Waals surface area contributed by atoms with Crippen LogP contribution in [0.25, 0.3) is 0 Å². The number of carbonyl (C=O) groups is 1. The van der Waals surface area contributed by atoms with Crippen molar-refractivity contribution in [1.29, 1.82) is 0 Å². The van der Waals surface area contributed by atoms with Crippen molar-refractivity contribution in [2.75, 3.05) is 7.11 Å². The molecule has 0 aromatic heterocycles. The topological polar surface area (TPSA) is 26.3 Å². The third kappa shape index (κ3) is 3.29. The highest BCUT2D eigenvalue weighted by molar-refractivity contribution is 6.30. The summed E-state index contributed by atoms with van der Waals surface area (Å²) in [6.45, 7) is 1.67. The molecule has 0 N–H and O–H groups in total. The Bertz CT molecular complexity index is 366. The van der Waals surface area contributed by atoms with Gasteiger partial charge >= 0.3 is 0 Å². The van der Waals surface area contributed by atoms with Gasteiger partial charge in [0, 0.05) is 13.5 Å². The first kappa shape index (κ1) is 12.1. The van der Waals surface area contributed by atoms with Gasteiger partial charge in [-0.25, -0.2) is 4.39 Å². The Labute approximate surface area is 93.0 Å². The molecule has 82 valence electrons. The molecule has 0 heterocycles. The number of benzene rings is 1. The summed E-state index contributed by atoms with van der Waals surface area (Å²) in [6, 6.07) is 4.25. The molecule has 4 heteroatoms. The van der Waals surface area contributed by atoms with Crippen molar-refractivity contribution in [3.05, 3.63) is 34.6 Å². The molecular formula is C11H12ClFO2. The van der Waals surface area contributed by atoms with Gasteiger partial charge in [-0.2, -0.15) is 0 Å². The number of carbonyl (C=O) groups excluding carboxylic acids is 1. The molecule has 1 atom stereocenters. The minimum Gasteiger partial charge on any atom is -0.374 e. The molecule has 0 aliphatic heterocycles. The molecule has 0 amide bonds. The maximum Gasteiger partial charge on any atom is 0.165 e. The number of hydrogen-bond donors (Lipinski definition) is 0. The molecular weight excluding hydrogens is 219 g/mol. The monoisotopic (exact) mass is 230 g/mol. The van der Waals surface area contributed by atoms with E-state index < -0.39 is 11.9 Å². The van der Waals surface area contributed by atoms with Crippen molar-refractivity contribution in [1.82, 2.24) is 0 Å². The Morgan fingerprint density at radius 3 is 2.80 bits per heavy atom. The predicted octanol–water partition coefficient (Wildman–Crippen LogP) is 2.63. The number of rotatable bonds is 4. The van der Waals surface area contributed by atoms with Gasteiger partial charge in [0.15, 0.2) is 5.78 Å².